The van der Waals surface area contributed by atoms with Crippen molar-refractivity contribution in [1.82, 2.24) is 9.88 Å². The largest absolute Gasteiger partial charge is 0.370 e. The molecular weight excluding hydrogens is 224 g/mol. The lowest BCUT2D eigenvalue weighted by atomic mass is 10.3. The zero-order valence-electron chi connectivity index (χ0n) is 12.0. The highest BCUT2D eigenvalue weighted by atomic mass is 15.1. The molecule has 4 heteroatoms. The van der Waals surface area contributed by atoms with E-state index in [2.05, 4.69) is 48.3 Å². The number of rotatable bonds is 8. The first-order valence-electron chi connectivity index (χ1n) is 6.78. The second-order valence-corrected chi connectivity index (χ2v) is 4.84. The van der Waals surface area contributed by atoms with Crippen LogP contribution in [0.1, 0.15) is 27.2 Å². The Balaban J connectivity index is 2.37. The van der Waals surface area contributed by atoms with Gasteiger partial charge < -0.3 is 15.5 Å². The van der Waals surface area contributed by atoms with Crippen LogP contribution in [-0.2, 0) is 0 Å². The SMILES string of the molecule is CCCNc1cccc(NCCN(C)C(C)C)n1. The maximum absolute atomic E-state index is 4.51. The van der Waals surface area contributed by atoms with E-state index in [4.69, 9.17) is 0 Å². The average Bonchev–Trinajstić information content (AvgIpc) is 2.36. The zero-order valence-corrected chi connectivity index (χ0v) is 12.0. The Labute approximate surface area is 111 Å². The van der Waals surface area contributed by atoms with Crippen molar-refractivity contribution in [2.24, 2.45) is 0 Å². The minimum atomic E-state index is 0.581. The molecule has 4 nitrogen and oxygen atoms in total. The molecule has 0 atom stereocenters. The topological polar surface area (TPSA) is 40.2 Å². The van der Waals surface area contributed by atoms with Gasteiger partial charge in [-0.2, -0.15) is 0 Å². The van der Waals surface area contributed by atoms with Crippen molar-refractivity contribution in [3.05, 3.63) is 18.2 Å². The smallest absolute Gasteiger partial charge is 0.128 e. The molecule has 1 heterocycles. The van der Waals surface area contributed by atoms with Gasteiger partial charge in [0.15, 0.2) is 0 Å². The van der Waals surface area contributed by atoms with Gasteiger partial charge in [0.2, 0.25) is 0 Å². The second kappa shape index (κ2) is 7.93. The van der Waals surface area contributed by atoms with Crippen LogP contribution in [0, 0.1) is 0 Å². The van der Waals surface area contributed by atoms with Gasteiger partial charge in [-0.3, -0.25) is 0 Å². The molecule has 1 aromatic heterocycles. The highest BCUT2D eigenvalue weighted by Gasteiger charge is 2.02. The van der Waals surface area contributed by atoms with Gasteiger partial charge in [0.05, 0.1) is 0 Å². The third kappa shape index (κ3) is 5.36. The number of anilines is 2. The average molecular weight is 250 g/mol. The lowest BCUT2D eigenvalue weighted by molar-refractivity contribution is 0.284. The Bertz CT molecular complexity index is 338. The molecule has 18 heavy (non-hydrogen) atoms. The van der Waals surface area contributed by atoms with E-state index in [1.54, 1.807) is 0 Å². The van der Waals surface area contributed by atoms with Crippen LogP contribution in [0.2, 0.25) is 0 Å². The normalized spacial score (nSPS) is 11.0. The van der Waals surface area contributed by atoms with Crippen LogP contribution < -0.4 is 10.6 Å². The molecule has 0 spiro atoms. The lowest BCUT2D eigenvalue weighted by Gasteiger charge is -2.21. The molecule has 0 aliphatic carbocycles. The molecule has 0 aromatic carbocycles. The molecule has 0 aliphatic heterocycles. The first kappa shape index (κ1) is 14.8. The maximum atomic E-state index is 4.51. The van der Waals surface area contributed by atoms with Crippen molar-refractivity contribution >= 4 is 11.6 Å². The Morgan fingerprint density at radius 3 is 2.33 bits per heavy atom. The second-order valence-electron chi connectivity index (χ2n) is 4.84. The Morgan fingerprint density at radius 1 is 1.17 bits per heavy atom. The van der Waals surface area contributed by atoms with Crippen LogP contribution in [0.3, 0.4) is 0 Å². The Morgan fingerprint density at radius 2 is 1.78 bits per heavy atom. The fourth-order valence-corrected chi connectivity index (χ4v) is 1.50. The summed E-state index contributed by atoms with van der Waals surface area (Å²) in [7, 11) is 2.14. The molecule has 0 unspecified atom stereocenters. The molecule has 0 aliphatic rings. The number of nitrogens with zero attached hydrogens (tertiary/aromatic N) is 2. The Hall–Kier alpha value is -1.29. The van der Waals surface area contributed by atoms with Crippen LogP contribution in [-0.4, -0.2) is 42.6 Å². The summed E-state index contributed by atoms with van der Waals surface area (Å²) in [5.41, 5.74) is 0. The van der Waals surface area contributed by atoms with Crippen molar-refractivity contribution in [3.8, 4) is 0 Å². The monoisotopic (exact) mass is 250 g/mol. The summed E-state index contributed by atoms with van der Waals surface area (Å²) in [6.45, 7) is 9.45. The maximum Gasteiger partial charge on any atom is 0.128 e. The predicted molar refractivity (Wildman–Crippen MR) is 79.3 cm³/mol. The van der Waals surface area contributed by atoms with E-state index in [0.29, 0.717) is 6.04 Å². The van der Waals surface area contributed by atoms with E-state index in [0.717, 1.165) is 37.7 Å². The summed E-state index contributed by atoms with van der Waals surface area (Å²) < 4.78 is 0. The van der Waals surface area contributed by atoms with Gasteiger partial charge in [0.1, 0.15) is 11.6 Å². The molecule has 0 bridgehead atoms. The Kier molecular flexibility index (Phi) is 6.50. The minimum Gasteiger partial charge on any atom is -0.370 e. The molecule has 1 rings (SSSR count). The first-order valence-corrected chi connectivity index (χ1v) is 6.78. The molecule has 0 saturated heterocycles. The summed E-state index contributed by atoms with van der Waals surface area (Å²) in [5.74, 6) is 1.88. The van der Waals surface area contributed by atoms with Gasteiger partial charge in [0.25, 0.3) is 0 Å². The van der Waals surface area contributed by atoms with Gasteiger partial charge in [-0.15, -0.1) is 0 Å². The van der Waals surface area contributed by atoms with Gasteiger partial charge in [0, 0.05) is 25.7 Å². The first-order chi connectivity index (χ1) is 8.63. The zero-order chi connectivity index (χ0) is 13.4. The summed E-state index contributed by atoms with van der Waals surface area (Å²) in [6.07, 6.45) is 1.11. The van der Waals surface area contributed by atoms with Crippen LogP contribution in [0.5, 0.6) is 0 Å². The predicted octanol–water partition coefficient (Wildman–Crippen LogP) is 2.66. The molecule has 0 amide bonds. The van der Waals surface area contributed by atoms with Crippen molar-refractivity contribution in [3.63, 3.8) is 0 Å². The highest BCUT2D eigenvalue weighted by molar-refractivity contribution is 5.44. The lowest BCUT2D eigenvalue weighted by Crippen LogP contribution is -2.31. The molecule has 1 aromatic rings. The number of hydrogen-bond acceptors (Lipinski definition) is 4. The molecule has 102 valence electrons. The van der Waals surface area contributed by atoms with Crippen LogP contribution in [0.4, 0.5) is 11.6 Å². The third-order valence-corrected chi connectivity index (χ3v) is 2.96. The number of nitrogens with one attached hydrogen (secondary N) is 2. The van der Waals surface area contributed by atoms with Gasteiger partial charge in [-0.25, -0.2) is 4.98 Å². The summed E-state index contributed by atoms with van der Waals surface area (Å²) >= 11 is 0. The van der Waals surface area contributed by atoms with E-state index in [1.807, 2.05) is 18.2 Å². The molecule has 0 saturated carbocycles. The molecule has 0 radical (unpaired) electrons. The summed E-state index contributed by atoms with van der Waals surface area (Å²) in [6, 6.07) is 6.62. The standard InChI is InChI=1S/C14H26N4/c1-5-9-15-13-7-6-8-14(17-13)16-10-11-18(4)12(2)3/h6-8,12H,5,9-11H2,1-4H3,(H2,15,16,17). The van der Waals surface area contributed by atoms with Crippen LogP contribution >= 0.6 is 0 Å². The summed E-state index contributed by atoms with van der Waals surface area (Å²) in [4.78, 5) is 6.82. The fraction of sp³-hybridized carbons (Fsp3) is 0.643. The number of pyridine rings is 1. The van der Waals surface area contributed by atoms with Gasteiger partial charge in [-0.1, -0.05) is 13.0 Å². The van der Waals surface area contributed by atoms with E-state index in [9.17, 15) is 0 Å². The van der Waals surface area contributed by atoms with Crippen LogP contribution in [0.25, 0.3) is 0 Å². The van der Waals surface area contributed by atoms with Crippen LogP contribution in [0.15, 0.2) is 18.2 Å². The van der Waals surface area contributed by atoms with E-state index in [-0.39, 0.29) is 0 Å². The van der Waals surface area contributed by atoms with E-state index >= 15 is 0 Å². The molecular formula is C14H26N4. The van der Waals surface area contributed by atoms with E-state index < -0.39 is 0 Å². The third-order valence-electron chi connectivity index (χ3n) is 2.96. The number of likely N-dealkylation sites (N-methyl/N-ethyl adjacent to an activating group) is 1. The fourth-order valence-electron chi connectivity index (χ4n) is 1.50. The molecule has 2 N–H and O–H groups in total. The molecule has 0 fully saturated rings. The summed E-state index contributed by atoms with van der Waals surface area (Å²) in [5, 5.41) is 6.65. The quantitative estimate of drug-likeness (QED) is 0.744. The van der Waals surface area contributed by atoms with Crippen molar-refractivity contribution < 1.29 is 0 Å². The van der Waals surface area contributed by atoms with Crippen molar-refractivity contribution in [1.29, 1.82) is 0 Å². The van der Waals surface area contributed by atoms with Crippen molar-refractivity contribution in [2.45, 2.75) is 33.2 Å². The van der Waals surface area contributed by atoms with Gasteiger partial charge >= 0.3 is 0 Å². The van der Waals surface area contributed by atoms with Gasteiger partial charge in [-0.05, 0) is 39.4 Å². The number of hydrogen-bond donors (Lipinski definition) is 2. The minimum absolute atomic E-state index is 0.581. The van der Waals surface area contributed by atoms with Crippen molar-refractivity contribution in [2.75, 3.05) is 37.3 Å². The van der Waals surface area contributed by atoms with E-state index in [1.165, 1.54) is 0 Å². The highest BCUT2D eigenvalue weighted by Crippen LogP contribution is 2.08. The number of aromatic nitrogens is 1.